The van der Waals surface area contributed by atoms with Crippen molar-refractivity contribution in [3.63, 3.8) is 0 Å². The van der Waals surface area contributed by atoms with Gasteiger partial charge in [0.2, 0.25) is 0 Å². The molecule has 0 aliphatic carbocycles. The number of aryl methyl sites for hydroxylation is 2. The first-order chi connectivity index (χ1) is 8.67. The normalized spacial score (nSPS) is 10.1. The van der Waals surface area contributed by atoms with Crippen LogP contribution < -0.4 is 5.56 Å². The minimum absolute atomic E-state index is 0.174. The number of aromatic nitrogens is 2. The van der Waals surface area contributed by atoms with E-state index in [2.05, 4.69) is 5.10 Å². The third-order valence-electron chi connectivity index (χ3n) is 2.83. The van der Waals surface area contributed by atoms with Gasteiger partial charge in [-0.25, -0.2) is 0 Å². The molecule has 0 bridgehead atoms. The Morgan fingerprint density at radius 2 is 2.00 bits per heavy atom. The van der Waals surface area contributed by atoms with Crippen molar-refractivity contribution in [1.29, 1.82) is 5.26 Å². The number of nitriles is 1. The molecule has 0 aliphatic heterocycles. The lowest BCUT2D eigenvalue weighted by Crippen LogP contribution is -2.25. The Morgan fingerprint density at radius 1 is 1.33 bits per heavy atom. The molecule has 2 rings (SSSR count). The lowest BCUT2D eigenvalue weighted by molar-refractivity contribution is 0.788. The largest absolute Gasteiger partial charge is 0.289 e. The molecule has 4 heteroatoms. The van der Waals surface area contributed by atoms with Crippen LogP contribution in [0.4, 0.5) is 0 Å². The van der Waals surface area contributed by atoms with E-state index in [0.717, 1.165) is 5.56 Å². The van der Waals surface area contributed by atoms with E-state index >= 15 is 0 Å². The van der Waals surface area contributed by atoms with Crippen molar-refractivity contribution in [3.8, 4) is 11.8 Å². The van der Waals surface area contributed by atoms with Crippen LogP contribution in [0.5, 0.6) is 0 Å². The molecule has 4 nitrogen and oxygen atoms in total. The van der Waals surface area contributed by atoms with Gasteiger partial charge in [0, 0.05) is 0 Å². The standard InChI is InChI=1S/C14H13N3O/c1-3-11-9-16-17(14(18)13(11)8-15)12-6-4-10(2)5-7-12/h4-7,9H,3H2,1-2H3. The van der Waals surface area contributed by atoms with E-state index < -0.39 is 0 Å². The van der Waals surface area contributed by atoms with Gasteiger partial charge in [0.05, 0.1) is 11.9 Å². The topological polar surface area (TPSA) is 58.7 Å². The third kappa shape index (κ3) is 2.03. The second-order valence-electron chi connectivity index (χ2n) is 4.06. The molecule has 0 unspecified atom stereocenters. The molecule has 0 saturated heterocycles. The van der Waals surface area contributed by atoms with Crippen LogP contribution in [-0.2, 0) is 6.42 Å². The molecule has 0 spiro atoms. The fourth-order valence-corrected chi connectivity index (χ4v) is 1.75. The van der Waals surface area contributed by atoms with Gasteiger partial charge in [-0.2, -0.15) is 15.0 Å². The average molecular weight is 239 g/mol. The Bertz CT molecular complexity index is 663. The van der Waals surface area contributed by atoms with Crippen LogP contribution in [0.15, 0.2) is 35.3 Å². The summed E-state index contributed by atoms with van der Waals surface area (Å²) >= 11 is 0. The number of benzene rings is 1. The van der Waals surface area contributed by atoms with Crippen LogP contribution >= 0.6 is 0 Å². The predicted molar refractivity (Wildman–Crippen MR) is 68.7 cm³/mol. The van der Waals surface area contributed by atoms with Crippen LogP contribution in [0.1, 0.15) is 23.6 Å². The van der Waals surface area contributed by atoms with E-state index in [1.807, 2.05) is 44.2 Å². The van der Waals surface area contributed by atoms with Crippen molar-refractivity contribution in [3.05, 3.63) is 57.5 Å². The molecule has 0 radical (unpaired) electrons. The quantitative estimate of drug-likeness (QED) is 0.805. The number of rotatable bonds is 2. The molecular weight excluding hydrogens is 226 g/mol. The van der Waals surface area contributed by atoms with Crippen molar-refractivity contribution in [1.82, 2.24) is 9.78 Å². The second-order valence-corrected chi connectivity index (χ2v) is 4.06. The molecule has 1 aromatic heterocycles. The Morgan fingerprint density at radius 3 is 2.56 bits per heavy atom. The average Bonchev–Trinajstić information content (AvgIpc) is 2.39. The number of hydrogen-bond acceptors (Lipinski definition) is 3. The van der Waals surface area contributed by atoms with Gasteiger partial charge in [-0.15, -0.1) is 0 Å². The van der Waals surface area contributed by atoms with Crippen LogP contribution in [0.2, 0.25) is 0 Å². The molecule has 1 heterocycles. The molecule has 0 fully saturated rings. The highest BCUT2D eigenvalue weighted by Crippen LogP contribution is 2.08. The van der Waals surface area contributed by atoms with Gasteiger partial charge in [0.15, 0.2) is 0 Å². The highest BCUT2D eigenvalue weighted by atomic mass is 16.1. The van der Waals surface area contributed by atoms with Crippen molar-refractivity contribution < 1.29 is 0 Å². The molecule has 0 amide bonds. The molecular formula is C14H13N3O. The minimum Gasteiger partial charge on any atom is -0.266 e. The van der Waals surface area contributed by atoms with Crippen LogP contribution in [0, 0.1) is 18.3 Å². The van der Waals surface area contributed by atoms with Gasteiger partial charge < -0.3 is 0 Å². The first-order valence-corrected chi connectivity index (χ1v) is 5.75. The fourth-order valence-electron chi connectivity index (χ4n) is 1.75. The molecule has 0 saturated carbocycles. The molecule has 1 aromatic carbocycles. The lowest BCUT2D eigenvalue weighted by atomic mass is 10.1. The summed E-state index contributed by atoms with van der Waals surface area (Å²) < 4.78 is 1.26. The zero-order valence-electron chi connectivity index (χ0n) is 10.3. The summed E-state index contributed by atoms with van der Waals surface area (Å²) in [5.41, 5.74) is 2.28. The summed E-state index contributed by atoms with van der Waals surface area (Å²) in [4.78, 5) is 12.1. The molecule has 0 aliphatic rings. The first kappa shape index (κ1) is 12.1. The second kappa shape index (κ2) is 4.84. The highest BCUT2D eigenvalue weighted by molar-refractivity contribution is 5.38. The van der Waals surface area contributed by atoms with Gasteiger partial charge in [-0.05, 0) is 31.0 Å². The Hall–Kier alpha value is -2.41. The SMILES string of the molecule is CCc1cnn(-c2ccc(C)cc2)c(=O)c1C#N. The Kier molecular flexibility index (Phi) is 3.24. The van der Waals surface area contributed by atoms with Crippen molar-refractivity contribution in [2.24, 2.45) is 0 Å². The van der Waals surface area contributed by atoms with Gasteiger partial charge in [0.1, 0.15) is 11.6 Å². The summed E-state index contributed by atoms with van der Waals surface area (Å²) in [7, 11) is 0. The highest BCUT2D eigenvalue weighted by Gasteiger charge is 2.10. The van der Waals surface area contributed by atoms with Gasteiger partial charge in [0.25, 0.3) is 5.56 Å². The van der Waals surface area contributed by atoms with E-state index in [-0.39, 0.29) is 11.1 Å². The Balaban J connectivity index is 2.64. The summed E-state index contributed by atoms with van der Waals surface area (Å²) in [6, 6.07) is 9.41. The van der Waals surface area contributed by atoms with Crippen molar-refractivity contribution >= 4 is 0 Å². The molecule has 2 aromatic rings. The minimum atomic E-state index is -0.360. The van der Waals surface area contributed by atoms with Crippen LogP contribution in [0.3, 0.4) is 0 Å². The van der Waals surface area contributed by atoms with E-state index in [9.17, 15) is 4.79 Å². The van der Waals surface area contributed by atoms with Crippen molar-refractivity contribution in [2.75, 3.05) is 0 Å². The van der Waals surface area contributed by atoms with Crippen LogP contribution in [0.25, 0.3) is 5.69 Å². The zero-order valence-corrected chi connectivity index (χ0v) is 10.3. The number of hydrogen-bond donors (Lipinski definition) is 0. The van der Waals surface area contributed by atoms with Gasteiger partial charge in [-0.1, -0.05) is 24.6 Å². The van der Waals surface area contributed by atoms with Gasteiger partial charge >= 0.3 is 0 Å². The molecule has 0 N–H and O–H groups in total. The van der Waals surface area contributed by atoms with Crippen LogP contribution in [-0.4, -0.2) is 9.78 Å². The van der Waals surface area contributed by atoms with Gasteiger partial charge in [-0.3, -0.25) is 4.79 Å². The Labute approximate surface area is 105 Å². The summed E-state index contributed by atoms with van der Waals surface area (Å²) in [6.07, 6.45) is 2.21. The molecule has 18 heavy (non-hydrogen) atoms. The number of nitrogens with zero attached hydrogens (tertiary/aromatic N) is 3. The van der Waals surface area contributed by atoms with E-state index in [4.69, 9.17) is 5.26 Å². The maximum Gasteiger partial charge on any atom is 0.289 e. The first-order valence-electron chi connectivity index (χ1n) is 5.75. The molecule has 90 valence electrons. The third-order valence-corrected chi connectivity index (χ3v) is 2.83. The van der Waals surface area contributed by atoms with E-state index in [0.29, 0.717) is 17.7 Å². The maximum absolute atomic E-state index is 12.1. The van der Waals surface area contributed by atoms with E-state index in [1.165, 1.54) is 4.68 Å². The van der Waals surface area contributed by atoms with E-state index in [1.54, 1.807) is 6.20 Å². The summed E-state index contributed by atoms with van der Waals surface area (Å²) in [6.45, 7) is 3.87. The maximum atomic E-state index is 12.1. The summed E-state index contributed by atoms with van der Waals surface area (Å²) in [5.74, 6) is 0. The lowest BCUT2D eigenvalue weighted by Gasteiger charge is -2.07. The van der Waals surface area contributed by atoms with Crippen molar-refractivity contribution in [2.45, 2.75) is 20.3 Å². The molecule has 0 atom stereocenters. The monoisotopic (exact) mass is 239 g/mol. The fraction of sp³-hybridized carbons (Fsp3) is 0.214. The zero-order chi connectivity index (χ0) is 13.1. The predicted octanol–water partition coefficient (Wildman–Crippen LogP) is 1.97. The smallest absolute Gasteiger partial charge is 0.266 e. The summed E-state index contributed by atoms with van der Waals surface area (Å²) in [5, 5.41) is 13.2.